The Labute approximate surface area is 156 Å². The van der Waals surface area contributed by atoms with Crippen LogP contribution in [-0.2, 0) is 13.0 Å². The number of benzene rings is 1. The Bertz CT molecular complexity index is 941. The molecule has 2 aromatic heterocycles. The highest BCUT2D eigenvalue weighted by Crippen LogP contribution is 2.30. The molecule has 134 valence electrons. The van der Waals surface area contributed by atoms with Gasteiger partial charge in [-0.1, -0.05) is 22.8 Å². The van der Waals surface area contributed by atoms with Crippen molar-refractivity contribution in [1.29, 1.82) is 0 Å². The molecule has 1 aliphatic heterocycles. The first-order chi connectivity index (χ1) is 12.6. The lowest BCUT2D eigenvalue weighted by Crippen LogP contribution is -2.24. The maximum Gasteiger partial charge on any atom is 0.267 e. The van der Waals surface area contributed by atoms with E-state index in [1.54, 1.807) is 12.1 Å². The first-order valence-corrected chi connectivity index (χ1v) is 8.94. The molecule has 0 bridgehead atoms. The van der Waals surface area contributed by atoms with Crippen LogP contribution in [-0.4, -0.2) is 21.7 Å². The standard InChI is InChI=1S/C19H19ClN4O2/c1-11-17(16-6-7-21-9-13(16)10-22-11)18-23-19(26-24-18)12(2)25-15-5-3-4-14(20)8-15/h3-5,8,10,12,21H,6-7,9H2,1-2H3. The van der Waals surface area contributed by atoms with Gasteiger partial charge in [-0.25, -0.2) is 0 Å². The SMILES string of the molecule is Cc1ncc2c(c1-c1noc(C(C)Oc3cccc(Cl)c3)n1)CCNC2. The topological polar surface area (TPSA) is 73.1 Å². The number of hydrogen-bond donors (Lipinski definition) is 1. The van der Waals surface area contributed by atoms with Crippen LogP contribution in [0.3, 0.4) is 0 Å². The van der Waals surface area contributed by atoms with Crippen molar-refractivity contribution in [2.45, 2.75) is 32.9 Å². The molecule has 3 aromatic rings. The number of nitrogens with one attached hydrogen (secondary N) is 1. The Morgan fingerprint density at radius 1 is 1.35 bits per heavy atom. The van der Waals surface area contributed by atoms with Gasteiger partial charge < -0.3 is 14.6 Å². The maximum absolute atomic E-state index is 6.00. The molecular weight excluding hydrogens is 352 g/mol. The molecule has 1 atom stereocenters. The van der Waals surface area contributed by atoms with Crippen molar-refractivity contribution in [1.82, 2.24) is 20.4 Å². The van der Waals surface area contributed by atoms with Gasteiger partial charge in [-0.15, -0.1) is 0 Å². The maximum atomic E-state index is 6.00. The third-order valence-electron chi connectivity index (χ3n) is 4.45. The van der Waals surface area contributed by atoms with Crippen molar-refractivity contribution < 1.29 is 9.26 Å². The van der Waals surface area contributed by atoms with Crippen molar-refractivity contribution >= 4 is 11.6 Å². The predicted molar refractivity (Wildman–Crippen MR) is 98.2 cm³/mol. The second-order valence-electron chi connectivity index (χ2n) is 6.32. The highest BCUT2D eigenvalue weighted by Gasteiger charge is 2.23. The van der Waals surface area contributed by atoms with E-state index in [0.717, 1.165) is 30.8 Å². The first kappa shape index (κ1) is 17.0. The summed E-state index contributed by atoms with van der Waals surface area (Å²) < 4.78 is 11.3. The van der Waals surface area contributed by atoms with E-state index in [2.05, 4.69) is 20.4 Å². The summed E-state index contributed by atoms with van der Waals surface area (Å²) in [6.45, 7) is 5.59. The Morgan fingerprint density at radius 3 is 3.08 bits per heavy atom. The van der Waals surface area contributed by atoms with Crippen LogP contribution in [0.25, 0.3) is 11.4 Å². The summed E-state index contributed by atoms with van der Waals surface area (Å²) in [5.41, 5.74) is 4.30. The number of aromatic nitrogens is 3. The van der Waals surface area contributed by atoms with Crippen LogP contribution in [0, 0.1) is 6.92 Å². The second-order valence-corrected chi connectivity index (χ2v) is 6.76. The molecule has 0 spiro atoms. The van der Waals surface area contributed by atoms with Crippen LogP contribution in [0.5, 0.6) is 5.75 Å². The molecule has 1 N–H and O–H groups in total. The fourth-order valence-corrected chi connectivity index (χ4v) is 3.34. The lowest BCUT2D eigenvalue weighted by atomic mass is 9.95. The molecule has 0 radical (unpaired) electrons. The molecule has 1 aliphatic rings. The van der Waals surface area contributed by atoms with Gasteiger partial charge in [0.2, 0.25) is 5.82 Å². The number of halogens is 1. The van der Waals surface area contributed by atoms with Gasteiger partial charge in [-0.05, 0) is 56.1 Å². The quantitative estimate of drug-likeness (QED) is 0.751. The molecule has 1 unspecified atom stereocenters. The summed E-state index contributed by atoms with van der Waals surface area (Å²) in [5.74, 6) is 1.64. The normalized spacial score (nSPS) is 14.7. The van der Waals surface area contributed by atoms with Gasteiger partial charge in [-0.2, -0.15) is 4.98 Å². The summed E-state index contributed by atoms with van der Waals surface area (Å²) in [6, 6.07) is 7.23. The molecule has 3 heterocycles. The fraction of sp³-hybridized carbons (Fsp3) is 0.316. The largest absolute Gasteiger partial charge is 0.481 e. The zero-order valence-corrected chi connectivity index (χ0v) is 15.4. The van der Waals surface area contributed by atoms with E-state index in [9.17, 15) is 0 Å². The average molecular weight is 371 g/mol. The molecule has 4 rings (SSSR count). The van der Waals surface area contributed by atoms with Crippen molar-refractivity contribution in [3.8, 4) is 17.1 Å². The average Bonchev–Trinajstić information content (AvgIpc) is 3.11. The number of ether oxygens (including phenoxy) is 1. The number of aryl methyl sites for hydroxylation is 1. The highest BCUT2D eigenvalue weighted by molar-refractivity contribution is 6.30. The minimum Gasteiger partial charge on any atom is -0.481 e. The molecule has 0 fully saturated rings. The summed E-state index contributed by atoms with van der Waals surface area (Å²) in [4.78, 5) is 9.06. The van der Waals surface area contributed by atoms with E-state index in [-0.39, 0.29) is 6.10 Å². The van der Waals surface area contributed by atoms with E-state index in [0.29, 0.717) is 22.5 Å². The number of hydrogen-bond acceptors (Lipinski definition) is 6. The molecule has 26 heavy (non-hydrogen) atoms. The predicted octanol–water partition coefficient (Wildman–Crippen LogP) is 3.88. The smallest absolute Gasteiger partial charge is 0.267 e. The Hall–Kier alpha value is -2.44. The molecule has 0 saturated heterocycles. The number of nitrogens with zero attached hydrogens (tertiary/aromatic N) is 3. The van der Waals surface area contributed by atoms with E-state index in [1.165, 1.54) is 11.1 Å². The van der Waals surface area contributed by atoms with Crippen LogP contribution in [0.4, 0.5) is 0 Å². The molecule has 6 nitrogen and oxygen atoms in total. The second kappa shape index (κ2) is 7.05. The van der Waals surface area contributed by atoms with Crippen molar-refractivity contribution in [3.63, 3.8) is 0 Å². The molecular formula is C19H19ClN4O2. The van der Waals surface area contributed by atoms with Gasteiger partial charge in [0.15, 0.2) is 6.10 Å². The molecule has 1 aromatic carbocycles. The summed E-state index contributed by atoms with van der Waals surface area (Å²) >= 11 is 6.00. The highest BCUT2D eigenvalue weighted by atomic mass is 35.5. The summed E-state index contributed by atoms with van der Waals surface area (Å²) in [5, 5.41) is 8.16. The van der Waals surface area contributed by atoms with Crippen molar-refractivity contribution in [2.75, 3.05) is 6.54 Å². The van der Waals surface area contributed by atoms with E-state index < -0.39 is 0 Å². The lowest BCUT2D eigenvalue weighted by Gasteiger charge is -2.19. The van der Waals surface area contributed by atoms with Gasteiger partial charge in [0.25, 0.3) is 5.89 Å². The minimum atomic E-state index is -0.385. The Kier molecular flexibility index (Phi) is 4.61. The Balaban J connectivity index is 1.62. The van der Waals surface area contributed by atoms with Crippen molar-refractivity contribution in [2.24, 2.45) is 0 Å². The third-order valence-corrected chi connectivity index (χ3v) is 4.69. The van der Waals surface area contributed by atoms with E-state index in [4.69, 9.17) is 20.9 Å². The van der Waals surface area contributed by atoms with Crippen LogP contribution >= 0.6 is 11.6 Å². The lowest BCUT2D eigenvalue weighted by molar-refractivity contribution is 0.176. The number of fused-ring (bicyclic) bond motifs is 1. The van der Waals surface area contributed by atoms with Gasteiger partial charge in [-0.3, -0.25) is 4.98 Å². The molecule has 7 heteroatoms. The van der Waals surface area contributed by atoms with Gasteiger partial charge in [0.05, 0.1) is 0 Å². The van der Waals surface area contributed by atoms with E-state index in [1.807, 2.05) is 32.2 Å². The van der Waals surface area contributed by atoms with Crippen LogP contribution < -0.4 is 10.1 Å². The van der Waals surface area contributed by atoms with Crippen LogP contribution in [0.1, 0.15) is 35.7 Å². The van der Waals surface area contributed by atoms with Crippen molar-refractivity contribution in [3.05, 3.63) is 58.2 Å². The summed E-state index contributed by atoms with van der Waals surface area (Å²) in [7, 11) is 0. The minimum absolute atomic E-state index is 0.385. The first-order valence-electron chi connectivity index (χ1n) is 8.56. The number of rotatable bonds is 4. The molecule has 0 aliphatic carbocycles. The van der Waals surface area contributed by atoms with Gasteiger partial charge in [0.1, 0.15) is 5.75 Å². The third kappa shape index (κ3) is 3.30. The fourth-order valence-electron chi connectivity index (χ4n) is 3.16. The van der Waals surface area contributed by atoms with E-state index >= 15 is 0 Å². The zero-order chi connectivity index (χ0) is 18.1. The Morgan fingerprint density at radius 2 is 2.23 bits per heavy atom. The monoisotopic (exact) mass is 370 g/mol. The van der Waals surface area contributed by atoms with Gasteiger partial charge >= 0.3 is 0 Å². The molecule has 0 amide bonds. The van der Waals surface area contributed by atoms with Crippen LogP contribution in [0.15, 0.2) is 35.0 Å². The van der Waals surface area contributed by atoms with Gasteiger partial charge in [0, 0.05) is 29.0 Å². The summed E-state index contributed by atoms with van der Waals surface area (Å²) in [6.07, 6.45) is 2.46. The number of pyridine rings is 1. The van der Waals surface area contributed by atoms with Crippen LogP contribution in [0.2, 0.25) is 5.02 Å². The molecule has 0 saturated carbocycles. The zero-order valence-electron chi connectivity index (χ0n) is 14.6.